The summed E-state index contributed by atoms with van der Waals surface area (Å²) in [6.07, 6.45) is 3.59. The van der Waals surface area contributed by atoms with E-state index in [0.29, 0.717) is 12.1 Å². The molecule has 0 saturated heterocycles. The highest BCUT2D eigenvalue weighted by Crippen LogP contribution is 2.05. The lowest BCUT2D eigenvalue weighted by molar-refractivity contribution is 0.438. The van der Waals surface area contributed by atoms with Crippen molar-refractivity contribution in [3.05, 3.63) is 35.9 Å². The summed E-state index contributed by atoms with van der Waals surface area (Å²) in [5.74, 6) is 0. The van der Waals surface area contributed by atoms with Gasteiger partial charge in [0.2, 0.25) is 0 Å². The fourth-order valence-corrected chi connectivity index (χ4v) is 1.71. The molecule has 1 aromatic carbocycles. The van der Waals surface area contributed by atoms with E-state index in [9.17, 15) is 0 Å². The Morgan fingerprint density at radius 2 is 1.73 bits per heavy atom. The monoisotopic (exact) mass is 205 g/mol. The number of rotatable bonds is 6. The zero-order chi connectivity index (χ0) is 11.1. The first kappa shape index (κ1) is 12.3. The zero-order valence-corrected chi connectivity index (χ0v) is 10.2. The molecule has 0 spiro atoms. The van der Waals surface area contributed by atoms with Crippen molar-refractivity contribution in [2.24, 2.45) is 0 Å². The highest BCUT2D eigenvalue weighted by molar-refractivity contribution is 5.14. The van der Waals surface area contributed by atoms with Crippen LogP contribution in [0.2, 0.25) is 0 Å². The van der Waals surface area contributed by atoms with Crippen molar-refractivity contribution < 1.29 is 0 Å². The largest absolute Gasteiger partial charge is 0.312 e. The van der Waals surface area contributed by atoms with Crippen LogP contribution >= 0.6 is 0 Å². The van der Waals surface area contributed by atoms with Crippen LogP contribution in [-0.2, 0) is 6.42 Å². The van der Waals surface area contributed by atoms with Gasteiger partial charge in [0.15, 0.2) is 0 Å². The third-order valence-electron chi connectivity index (χ3n) is 2.89. The van der Waals surface area contributed by atoms with Gasteiger partial charge >= 0.3 is 0 Å². The summed E-state index contributed by atoms with van der Waals surface area (Å²) in [5, 5.41) is 3.60. The minimum Gasteiger partial charge on any atom is -0.312 e. The van der Waals surface area contributed by atoms with Crippen molar-refractivity contribution in [2.45, 2.75) is 52.1 Å². The molecular formula is C14H23N. The first-order valence-corrected chi connectivity index (χ1v) is 6.02. The lowest BCUT2D eigenvalue weighted by Gasteiger charge is -2.18. The van der Waals surface area contributed by atoms with E-state index in [4.69, 9.17) is 0 Å². The molecule has 0 saturated carbocycles. The van der Waals surface area contributed by atoms with Crippen LogP contribution in [0.25, 0.3) is 0 Å². The second kappa shape index (κ2) is 6.62. The second-order valence-corrected chi connectivity index (χ2v) is 4.40. The van der Waals surface area contributed by atoms with Gasteiger partial charge in [-0.1, -0.05) is 37.3 Å². The molecule has 15 heavy (non-hydrogen) atoms. The fraction of sp³-hybridized carbons (Fsp3) is 0.571. The van der Waals surface area contributed by atoms with Crippen molar-refractivity contribution >= 4 is 0 Å². The summed E-state index contributed by atoms with van der Waals surface area (Å²) in [4.78, 5) is 0. The molecule has 2 atom stereocenters. The standard InChI is InChI=1S/C14H23N/c1-4-12(2)15-13(3)10-11-14-8-6-5-7-9-14/h5-9,12-13,15H,4,10-11H2,1-3H3/t12-,13-/m0/s1. The summed E-state index contributed by atoms with van der Waals surface area (Å²) < 4.78 is 0. The van der Waals surface area contributed by atoms with Crippen LogP contribution in [0.4, 0.5) is 0 Å². The second-order valence-electron chi connectivity index (χ2n) is 4.40. The van der Waals surface area contributed by atoms with Gasteiger partial charge in [-0.25, -0.2) is 0 Å². The van der Waals surface area contributed by atoms with E-state index in [1.807, 2.05) is 0 Å². The van der Waals surface area contributed by atoms with Gasteiger partial charge in [-0.05, 0) is 38.7 Å². The highest BCUT2D eigenvalue weighted by Gasteiger charge is 2.05. The molecule has 0 amide bonds. The molecule has 1 nitrogen and oxygen atoms in total. The first-order valence-electron chi connectivity index (χ1n) is 6.02. The van der Waals surface area contributed by atoms with E-state index >= 15 is 0 Å². The highest BCUT2D eigenvalue weighted by atomic mass is 14.9. The van der Waals surface area contributed by atoms with E-state index in [1.54, 1.807) is 0 Å². The Bertz CT molecular complexity index is 255. The van der Waals surface area contributed by atoms with E-state index in [-0.39, 0.29) is 0 Å². The van der Waals surface area contributed by atoms with Crippen molar-refractivity contribution in [1.29, 1.82) is 0 Å². The maximum Gasteiger partial charge on any atom is 0.00443 e. The summed E-state index contributed by atoms with van der Waals surface area (Å²) >= 11 is 0. The molecule has 1 aromatic rings. The molecule has 0 heterocycles. The smallest absolute Gasteiger partial charge is 0.00443 e. The summed E-state index contributed by atoms with van der Waals surface area (Å²) in [7, 11) is 0. The van der Waals surface area contributed by atoms with Crippen LogP contribution in [0.15, 0.2) is 30.3 Å². The minimum atomic E-state index is 0.611. The van der Waals surface area contributed by atoms with Gasteiger partial charge < -0.3 is 5.32 Å². The molecule has 1 N–H and O–H groups in total. The molecule has 0 radical (unpaired) electrons. The normalized spacial score (nSPS) is 14.9. The van der Waals surface area contributed by atoms with Gasteiger partial charge in [0.05, 0.1) is 0 Å². The van der Waals surface area contributed by atoms with Crippen molar-refractivity contribution in [3.63, 3.8) is 0 Å². The fourth-order valence-electron chi connectivity index (χ4n) is 1.71. The van der Waals surface area contributed by atoms with E-state index < -0.39 is 0 Å². The molecule has 0 bridgehead atoms. The zero-order valence-electron chi connectivity index (χ0n) is 10.2. The van der Waals surface area contributed by atoms with Crippen LogP contribution in [-0.4, -0.2) is 12.1 Å². The Hall–Kier alpha value is -0.820. The molecule has 1 heteroatoms. The number of benzene rings is 1. The summed E-state index contributed by atoms with van der Waals surface area (Å²) in [5.41, 5.74) is 1.44. The number of hydrogen-bond donors (Lipinski definition) is 1. The third kappa shape index (κ3) is 4.98. The maximum absolute atomic E-state index is 3.60. The average Bonchev–Trinajstić information content (AvgIpc) is 2.27. The Morgan fingerprint density at radius 1 is 1.07 bits per heavy atom. The Labute approximate surface area is 93.9 Å². The molecule has 0 aliphatic rings. The maximum atomic E-state index is 3.60. The van der Waals surface area contributed by atoms with Crippen LogP contribution < -0.4 is 5.32 Å². The predicted octanol–water partition coefficient (Wildman–Crippen LogP) is 3.40. The van der Waals surface area contributed by atoms with Crippen molar-refractivity contribution in [2.75, 3.05) is 0 Å². The molecule has 0 aliphatic heterocycles. The van der Waals surface area contributed by atoms with Gasteiger partial charge in [-0.15, -0.1) is 0 Å². The van der Waals surface area contributed by atoms with Crippen LogP contribution in [0.5, 0.6) is 0 Å². The van der Waals surface area contributed by atoms with E-state index in [1.165, 1.54) is 24.8 Å². The van der Waals surface area contributed by atoms with Gasteiger partial charge in [0.1, 0.15) is 0 Å². The number of nitrogens with one attached hydrogen (secondary N) is 1. The molecule has 0 aromatic heterocycles. The quantitative estimate of drug-likeness (QED) is 0.750. The lowest BCUT2D eigenvalue weighted by Crippen LogP contribution is -2.34. The Balaban J connectivity index is 2.25. The molecule has 0 fully saturated rings. The molecule has 0 unspecified atom stereocenters. The molecule has 0 aliphatic carbocycles. The van der Waals surface area contributed by atoms with Gasteiger partial charge in [0.25, 0.3) is 0 Å². The predicted molar refractivity (Wildman–Crippen MR) is 67.1 cm³/mol. The average molecular weight is 205 g/mol. The molecule has 1 rings (SSSR count). The Kier molecular flexibility index (Phi) is 5.41. The summed E-state index contributed by atoms with van der Waals surface area (Å²) in [6.45, 7) is 6.75. The van der Waals surface area contributed by atoms with Crippen molar-refractivity contribution in [3.8, 4) is 0 Å². The van der Waals surface area contributed by atoms with E-state index in [0.717, 1.165) is 0 Å². The van der Waals surface area contributed by atoms with Gasteiger partial charge in [-0.2, -0.15) is 0 Å². The number of hydrogen-bond acceptors (Lipinski definition) is 1. The topological polar surface area (TPSA) is 12.0 Å². The first-order chi connectivity index (χ1) is 7.22. The summed E-state index contributed by atoms with van der Waals surface area (Å²) in [6, 6.07) is 12.0. The molecular weight excluding hydrogens is 182 g/mol. The SMILES string of the molecule is CC[C@H](C)N[C@@H](C)CCc1ccccc1. The van der Waals surface area contributed by atoms with Crippen LogP contribution in [0, 0.1) is 0 Å². The van der Waals surface area contributed by atoms with Gasteiger partial charge in [-0.3, -0.25) is 0 Å². The minimum absolute atomic E-state index is 0.611. The number of aryl methyl sites for hydroxylation is 1. The van der Waals surface area contributed by atoms with Crippen LogP contribution in [0.3, 0.4) is 0 Å². The van der Waals surface area contributed by atoms with Gasteiger partial charge in [0, 0.05) is 12.1 Å². The van der Waals surface area contributed by atoms with Crippen LogP contribution in [0.1, 0.15) is 39.2 Å². The lowest BCUT2D eigenvalue weighted by atomic mass is 10.1. The van der Waals surface area contributed by atoms with Crippen molar-refractivity contribution in [1.82, 2.24) is 5.32 Å². The molecule has 84 valence electrons. The third-order valence-corrected chi connectivity index (χ3v) is 2.89. The van der Waals surface area contributed by atoms with E-state index in [2.05, 4.69) is 56.4 Å². The Morgan fingerprint density at radius 3 is 2.33 bits per heavy atom.